The minimum atomic E-state index is -4.76. The van der Waals surface area contributed by atoms with Crippen molar-refractivity contribution in [3.05, 3.63) is 334 Å². The van der Waals surface area contributed by atoms with Gasteiger partial charge in [-0.2, -0.15) is 40.3 Å². The maximum Gasteiger partial charge on any atom is 0.573 e. The van der Waals surface area contributed by atoms with Crippen molar-refractivity contribution in [3.63, 3.8) is 0 Å². The second-order valence-electron chi connectivity index (χ2n) is 26.4. The van der Waals surface area contributed by atoms with Crippen LogP contribution in [0.25, 0.3) is 99.9 Å². The number of benzene rings is 8. The third kappa shape index (κ3) is 14.7. The van der Waals surface area contributed by atoms with Gasteiger partial charge in [0.1, 0.15) is 28.2 Å². The highest BCUT2D eigenvalue weighted by atomic mass is 32.2. The Hall–Kier alpha value is -13.5. The quantitative estimate of drug-likeness (QED) is 0.0720. The van der Waals surface area contributed by atoms with Crippen LogP contribution in [0.5, 0.6) is 5.75 Å². The first-order valence-corrected chi connectivity index (χ1v) is 38.2. The summed E-state index contributed by atoms with van der Waals surface area (Å²) in [5.41, 5.74) is 17.7. The molecule has 10 heterocycles. The lowest BCUT2D eigenvalue weighted by Gasteiger charge is -2.36. The Balaban J connectivity index is 0.000000127. The fourth-order valence-corrected chi connectivity index (χ4v) is 16.1. The Morgan fingerprint density at radius 1 is 0.414 bits per heavy atom. The van der Waals surface area contributed by atoms with Crippen molar-refractivity contribution >= 4 is 64.5 Å². The number of aromatic amines is 3. The van der Waals surface area contributed by atoms with E-state index in [1.165, 1.54) is 66.4 Å². The summed E-state index contributed by atoms with van der Waals surface area (Å²) >= 11 is 0. The number of ether oxygens (including phenoxy) is 2. The van der Waals surface area contributed by atoms with Gasteiger partial charge in [-0.05, 0) is 112 Å². The number of anilines is 2. The van der Waals surface area contributed by atoms with Crippen molar-refractivity contribution in [1.82, 2.24) is 58.1 Å². The molecule has 0 spiro atoms. The lowest BCUT2D eigenvalue weighted by Crippen LogP contribution is -2.38. The van der Waals surface area contributed by atoms with Gasteiger partial charge in [0.25, 0.3) is 20.0 Å². The molecule has 3 N–H and O–H groups in total. The van der Waals surface area contributed by atoms with E-state index in [1.54, 1.807) is 67.1 Å². The molecule has 0 atom stereocenters. The van der Waals surface area contributed by atoms with Crippen LogP contribution in [0.2, 0.25) is 0 Å². The number of fused-ring (bicyclic) bond motifs is 3. The number of morpholine rings is 1. The van der Waals surface area contributed by atoms with Crippen molar-refractivity contribution in [2.45, 2.75) is 21.7 Å². The zero-order chi connectivity index (χ0) is 76.3. The Morgan fingerprint density at radius 2 is 0.775 bits per heavy atom. The molecule has 0 bridgehead atoms. The van der Waals surface area contributed by atoms with E-state index in [9.17, 15) is 30.0 Å². The lowest BCUT2D eigenvalue weighted by atomic mass is 9.77. The van der Waals surface area contributed by atoms with Crippen molar-refractivity contribution < 1.29 is 39.5 Å². The molecule has 111 heavy (non-hydrogen) atoms. The van der Waals surface area contributed by atoms with E-state index < -0.39 is 31.9 Å². The molecule has 0 radical (unpaired) electrons. The van der Waals surface area contributed by atoms with Crippen LogP contribution in [0.1, 0.15) is 16.7 Å². The molecule has 0 amide bonds. The number of hydrogen-bond acceptors (Lipinski definition) is 14. The molecule has 18 rings (SSSR count). The van der Waals surface area contributed by atoms with Gasteiger partial charge in [0.05, 0.1) is 54.0 Å². The molecule has 1 aliphatic rings. The molecule has 0 aliphatic carbocycles. The first-order valence-electron chi connectivity index (χ1n) is 35.4. The molecule has 1 fully saturated rings. The maximum atomic E-state index is 12.9. The van der Waals surface area contributed by atoms with Gasteiger partial charge in [-0.25, -0.2) is 15.0 Å². The average Bonchev–Trinajstić information content (AvgIpc) is 1.72. The van der Waals surface area contributed by atoms with Gasteiger partial charge in [0.2, 0.25) is 0 Å². The van der Waals surface area contributed by atoms with Gasteiger partial charge >= 0.3 is 6.36 Å². The number of H-pyrrole nitrogens is 3. The van der Waals surface area contributed by atoms with Crippen LogP contribution < -0.4 is 14.5 Å². The Labute approximate surface area is 636 Å². The lowest BCUT2D eigenvalue weighted by molar-refractivity contribution is -0.274. The van der Waals surface area contributed by atoms with Crippen LogP contribution in [0, 0.1) is 0 Å². The predicted molar refractivity (Wildman–Crippen MR) is 425 cm³/mol. The van der Waals surface area contributed by atoms with Crippen LogP contribution >= 0.6 is 0 Å². The Morgan fingerprint density at radius 3 is 1.16 bits per heavy atom. The summed E-state index contributed by atoms with van der Waals surface area (Å²) in [5.74, 6) is -0.320. The summed E-state index contributed by atoms with van der Waals surface area (Å²) in [6, 6.07) is 76.7. The minimum absolute atomic E-state index is 0.116. The van der Waals surface area contributed by atoms with E-state index in [2.05, 4.69) is 226 Å². The van der Waals surface area contributed by atoms with E-state index >= 15 is 0 Å². The van der Waals surface area contributed by atoms with Gasteiger partial charge in [0, 0.05) is 148 Å². The maximum absolute atomic E-state index is 12.9. The summed E-state index contributed by atoms with van der Waals surface area (Å²) < 4.78 is 102. The number of nitrogens with one attached hydrogen (secondary N) is 3. The van der Waals surface area contributed by atoms with Crippen LogP contribution in [-0.4, -0.2) is 122 Å². The second kappa shape index (κ2) is 30.3. The zero-order valence-corrected chi connectivity index (χ0v) is 61.3. The Bertz CT molecular complexity index is 6240. The smallest absolute Gasteiger partial charge is 0.406 e. The molecule has 0 unspecified atom stereocenters. The van der Waals surface area contributed by atoms with Crippen LogP contribution in [0.3, 0.4) is 0 Å². The second-order valence-corrected chi connectivity index (χ2v) is 30.0. The van der Waals surface area contributed by atoms with E-state index in [1.807, 2.05) is 37.1 Å². The molecule has 1 aliphatic heterocycles. The van der Waals surface area contributed by atoms with Crippen molar-refractivity contribution in [2.75, 3.05) is 50.2 Å². The highest BCUT2D eigenvalue weighted by molar-refractivity contribution is 7.90. The molecule has 8 aromatic carbocycles. The summed E-state index contributed by atoms with van der Waals surface area (Å²) in [4.78, 5) is 28.1. The molecular formula is C86H69F3N14O6S2. The molecular weight excluding hydrogens is 1450 g/mol. The monoisotopic (exact) mass is 1510 g/mol. The number of rotatable bonds is 17. The van der Waals surface area contributed by atoms with Crippen molar-refractivity contribution in [3.8, 4) is 72.5 Å². The normalized spacial score (nSPS) is 12.7. The zero-order valence-electron chi connectivity index (χ0n) is 59.7. The summed E-state index contributed by atoms with van der Waals surface area (Å²) in [6.45, 7) is 3.30. The molecule has 9 aromatic heterocycles. The van der Waals surface area contributed by atoms with Gasteiger partial charge in [-0.1, -0.05) is 164 Å². The van der Waals surface area contributed by atoms with Crippen LogP contribution in [0.4, 0.5) is 24.5 Å². The van der Waals surface area contributed by atoms with E-state index in [4.69, 9.17) is 14.8 Å². The summed E-state index contributed by atoms with van der Waals surface area (Å²) in [5, 5.41) is 15.9. The third-order valence-corrected chi connectivity index (χ3v) is 22.6. The fraction of sp³-hybridized carbons (Fsp3) is 0.0930. The predicted octanol–water partition coefficient (Wildman–Crippen LogP) is 17.4. The van der Waals surface area contributed by atoms with Crippen LogP contribution in [0.15, 0.2) is 327 Å². The van der Waals surface area contributed by atoms with Crippen LogP contribution in [-0.2, 0) is 30.3 Å². The first-order chi connectivity index (χ1) is 53.9. The third-order valence-electron chi connectivity index (χ3n) is 19.4. The molecule has 0 saturated carbocycles. The Kier molecular flexibility index (Phi) is 19.6. The number of alkyl halides is 3. The number of nitrogens with zero attached hydrogens (tertiary/aromatic N) is 11. The van der Waals surface area contributed by atoms with E-state index in [0.717, 1.165) is 112 Å². The van der Waals surface area contributed by atoms with Crippen molar-refractivity contribution in [2.24, 2.45) is 0 Å². The SMILES string of the molecule is CN(C)c1ccc(-c2cnc3[nH]cc(-c4cnn(C(c5ccccc5)(c5ccccc5)c5ccccc5)c4)c3c2)cc1.O=S(=O)(c1ccccc1)n1cc(-c2c[nH]c3ncc(-c4ccc(N5CCOCC5)cc4)cc23)cn1.O=S(=O)(c1ccccc1)n1cc(-c2c[nH]c3ncc(-c4ccc(OC(F)(F)F)cc4)cc23)cn1. The standard InChI is InChI=1S/C37H31N5.C26H23N5O3S.C23H15F3N4O3S/c1-41(2)33-20-18-27(19-21-33)28-22-34-35(25-39-36(34)38-23-28)29-24-40-42(26-29)37(30-12-6-3-7-13-30,31-14-8-4-9-15-31)32-16-10-5-11-17-32;32-35(33,23-4-2-1-3-5-23)31-18-21(16-29-31)25-17-28-26-24(25)14-20(15-27-26)19-6-8-22(9-7-19)30-10-12-34-13-11-30;24-23(25,26)33-18-8-6-15(7-9-18)16-10-20-21(13-28-22(20)27-11-16)17-12-29-30(14-17)34(31,32)19-4-2-1-3-5-19/h3-26H,1-2H3,(H,38,39);1-9,14-18H,10-13H2,(H,27,28);1-14H,(H,27,28). The first kappa shape index (κ1) is 71.7. The number of halogens is 3. The minimum Gasteiger partial charge on any atom is -0.406 e. The molecule has 552 valence electrons. The number of pyridine rings is 3. The largest absolute Gasteiger partial charge is 0.573 e. The molecule has 20 nitrogen and oxygen atoms in total. The van der Waals surface area contributed by atoms with E-state index in [0.29, 0.717) is 38.9 Å². The summed E-state index contributed by atoms with van der Waals surface area (Å²) in [7, 11) is -3.50. The van der Waals surface area contributed by atoms with Gasteiger partial charge in [0.15, 0.2) is 0 Å². The number of aromatic nitrogens is 12. The highest BCUT2D eigenvalue weighted by Gasteiger charge is 2.40. The van der Waals surface area contributed by atoms with Crippen molar-refractivity contribution in [1.29, 1.82) is 0 Å². The average molecular weight is 1520 g/mol. The molecule has 1 saturated heterocycles. The van der Waals surface area contributed by atoms with Gasteiger partial charge in [-0.3, -0.25) is 4.68 Å². The summed E-state index contributed by atoms with van der Waals surface area (Å²) in [6.07, 6.45) is 16.2. The topological polar surface area (TPSA) is 233 Å². The molecule has 25 heteroatoms. The van der Waals surface area contributed by atoms with Gasteiger partial charge < -0.3 is 34.2 Å². The highest BCUT2D eigenvalue weighted by Crippen LogP contribution is 2.43. The van der Waals surface area contributed by atoms with Gasteiger partial charge in [-0.15, -0.1) is 13.2 Å². The fourth-order valence-electron chi connectivity index (χ4n) is 13.8. The molecule has 17 aromatic rings. The van der Waals surface area contributed by atoms with E-state index in [-0.39, 0.29) is 15.5 Å². The number of hydrogen-bond donors (Lipinski definition) is 3.